The van der Waals surface area contributed by atoms with E-state index in [1.165, 1.54) is 300 Å². The summed E-state index contributed by atoms with van der Waals surface area (Å²) in [6, 6.07) is 157. The number of hydrogen-bond acceptors (Lipinski definition) is 0. The van der Waals surface area contributed by atoms with Gasteiger partial charge in [0, 0.05) is 68.4 Å². The lowest BCUT2D eigenvalue weighted by Crippen LogP contribution is -2.31. The molecular weight excluding hydrogens is 1790 g/mol. The van der Waals surface area contributed by atoms with Crippen LogP contribution in [0.25, 0.3) is 261 Å². The molecular formula is C143H112N5+5. The highest BCUT2D eigenvalue weighted by atomic mass is 14.9. The van der Waals surface area contributed by atoms with Crippen LogP contribution in [0.3, 0.4) is 0 Å². The van der Waals surface area contributed by atoms with Crippen molar-refractivity contribution in [3.8, 4) is 56.3 Å². The van der Waals surface area contributed by atoms with Crippen molar-refractivity contribution in [3.05, 3.63) is 501 Å². The average molecular weight is 1900 g/mol. The first kappa shape index (κ1) is 91.2. The lowest BCUT2D eigenvalue weighted by Gasteiger charge is -2.15. The summed E-state index contributed by atoms with van der Waals surface area (Å²) in [4.78, 5) is 0. The highest BCUT2D eigenvalue weighted by Crippen LogP contribution is 2.48. The molecule has 0 fully saturated rings. The van der Waals surface area contributed by atoms with Gasteiger partial charge in [-0.25, -0.2) is 22.8 Å². The van der Waals surface area contributed by atoms with Crippen LogP contribution in [0, 0.1) is 48.5 Å². The molecule has 148 heavy (non-hydrogen) atoms. The summed E-state index contributed by atoms with van der Waals surface area (Å²) in [7, 11) is 10.8. The molecule has 0 unspecified atom stereocenters. The van der Waals surface area contributed by atoms with Crippen LogP contribution in [-0.2, 0) is 35.2 Å². The third kappa shape index (κ3) is 15.4. The molecule has 0 saturated carbocycles. The fourth-order valence-electron chi connectivity index (χ4n) is 24.6. The van der Waals surface area contributed by atoms with E-state index in [2.05, 4.69) is 568 Å². The third-order valence-corrected chi connectivity index (χ3v) is 31.7. The Kier molecular flexibility index (Phi) is 23.0. The van der Waals surface area contributed by atoms with Crippen LogP contribution >= 0.6 is 0 Å². The van der Waals surface area contributed by atoms with Gasteiger partial charge in [0.1, 0.15) is 35.2 Å². The molecule has 0 aliphatic rings. The average Bonchev–Trinajstić information content (AvgIpc) is 1.05. The summed E-state index contributed by atoms with van der Waals surface area (Å²) in [5, 5.41) is 49.8. The van der Waals surface area contributed by atoms with Crippen LogP contribution in [0.4, 0.5) is 0 Å². The van der Waals surface area contributed by atoms with E-state index in [1.807, 2.05) is 0 Å². The number of rotatable bonds is 5. The molecule has 0 aliphatic heterocycles. The van der Waals surface area contributed by atoms with Gasteiger partial charge in [0.2, 0.25) is 28.5 Å². The van der Waals surface area contributed by atoms with Crippen LogP contribution in [0.2, 0.25) is 0 Å². The third-order valence-electron chi connectivity index (χ3n) is 31.7. The summed E-state index contributed by atoms with van der Waals surface area (Å²) in [5.41, 5.74) is 22.1. The predicted octanol–water partition coefficient (Wildman–Crippen LogP) is 35.0. The van der Waals surface area contributed by atoms with Crippen LogP contribution in [0.1, 0.15) is 38.9 Å². The monoisotopic (exact) mass is 1900 g/mol. The highest BCUT2D eigenvalue weighted by Gasteiger charge is 2.29. The van der Waals surface area contributed by atoms with Crippen molar-refractivity contribution in [1.82, 2.24) is 0 Å². The van der Waals surface area contributed by atoms with Gasteiger partial charge in [-0.15, -0.1) is 0 Å². The fraction of sp³-hybridized carbons (Fsp3) is 0.0839. The van der Waals surface area contributed by atoms with E-state index in [4.69, 9.17) is 0 Å². The molecule has 29 rings (SSSR count). The maximum absolute atomic E-state index is 2.41. The Morgan fingerprint density at radius 2 is 0.432 bits per heavy atom. The molecule has 5 nitrogen and oxygen atoms in total. The van der Waals surface area contributed by atoms with Crippen LogP contribution in [0.15, 0.2) is 462 Å². The van der Waals surface area contributed by atoms with Gasteiger partial charge < -0.3 is 0 Å². The van der Waals surface area contributed by atoms with Gasteiger partial charge in [-0.3, -0.25) is 0 Å². The number of nitrogens with zero attached hydrogens (tertiary/aromatic N) is 5. The number of aryl methyl sites for hydroxylation is 11. The molecule has 0 radical (unpaired) electrons. The quantitative estimate of drug-likeness (QED) is 0.121. The molecule has 0 bridgehead atoms. The van der Waals surface area contributed by atoms with Crippen LogP contribution in [-0.4, -0.2) is 0 Å². The number of pyridine rings is 5. The molecule has 0 N–H and O–H groups in total. The molecule has 0 atom stereocenters. The number of aromatic nitrogens is 5. The minimum Gasteiger partial charge on any atom is -0.200 e. The van der Waals surface area contributed by atoms with E-state index >= 15 is 0 Å². The summed E-state index contributed by atoms with van der Waals surface area (Å²) >= 11 is 0. The van der Waals surface area contributed by atoms with E-state index in [-0.39, 0.29) is 0 Å². The molecule has 29 aromatic rings. The molecule has 0 amide bonds. The Bertz CT molecular complexity index is 10500. The van der Waals surface area contributed by atoms with Crippen molar-refractivity contribution in [1.29, 1.82) is 0 Å². The first-order valence-corrected chi connectivity index (χ1v) is 51.6. The molecule has 24 aromatic carbocycles. The second kappa shape index (κ2) is 37.3. The summed E-state index contributed by atoms with van der Waals surface area (Å²) in [6.07, 6.45) is 11.3. The minimum atomic E-state index is 1.24. The second-order valence-electron chi connectivity index (χ2n) is 40.5. The van der Waals surface area contributed by atoms with Crippen molar-refractivity contribution < 1.29 is 22.8 Å². The van der Waals surface area contributed by atoms with Crippen LogP contribution in [0.5, 0.6) is 0 Å². The summed E-state index contributed by atoms with van der Waals surface area (Å²) in [5.74, 6) is 0. The normalized spacial score (nSPS) is 11.6. The first-order chi connectivity index (χ1) is 72.5. The van der Waals surface area contributed by atoms with E-state index in [1.54, 1.807) is 0 Å². The number of hydrogen-bond donors (Lipinski definition) is 0. The lowest BCUT2D eigenvalue weighted by atomic mass is 9.89. The molecule has 704 valence electrons. The standard InChI is InChI=1S/C33H24N.2C29H22N.C27H24N.C25H20N/c1-21-22-11-3-4-12-23(22)26-15-9-10-18-29(26)33(21)32-19-30-27-16-7-5-13-24(27)25-14-6-8-17-28(25)31(30)20-34(32)2;1-19-15-20-9-3-4-10-21(20)16-26(19)29-17-27-24-13-7-5-11-22(24)23-12-6-8-14-25(23)28(27)18-30(29)2;1-19-15-16-20-9-3-4-10-21(20)29(19)28-17-26-24-13-7-5-11-22(24)23-12-6-8-14-25(23)27(26)18-30(28)2;1-17-15-18(2)19(3)25(16-17)27-26-23-12-8-7-10-21(23)20-9-5-6-11-22(20)24(26)13-14-28(27)4;1-17-9-3-4-10-18(17)25-24-22-14-8-7-12-20(22)19-11-5-6-13-21(19)23(24)15-16-26(25)2/h3-20H,1-2H3;2*3-18H,1-2H3;5-16H,1-4H3;3-16H,1-2H3/q5*+1. The van der Waals surface area contributed by atoms with E-state index in [0.717, 1.165) is 0 Å². The van der Waals surface area contributed by atoms with Gasteiger partial charge in [0.05, 0.1) is 43.6 Å². The fourth-order valence-corrected chi connectivity index (χ4v) is 24.6. The topological polar surface area (TPSA) is 19.4 Å². The van der Waals surface area contributed by atoms with E-state index < -0.39 is 0 Å². The smallest absolute Gasteiger partial charge is 0.200 e. The van der Waals surface area contributed by atoms with Crippen molar-refractivity contribution >= 4 is 205 Å². The number of benzene rings is 24. The number of fused-ring (bicyclic) bond motifs is 35. The van der Waals surface area contributed by atoms with Gasteiger partial charge in [-0.1, -0.05) is 388 Å². The Hall–Kier alpha value is -18.0. The van der Waals surface area contributed by atoms with Crippen molar-refractivity contribution in [2.45, 2.75) is 48.5 Å². The van der Waals surface area contributed by atoms with Crippen molar-refractivity contribution in [2.75, 3.05) is 0 Å². The lowest BCUT2D eigenvalue weighted by molar-refractivity contribution is -0.659. The molecule has 0 aliphatic carbocycles. The Balaban J connectivity index is 0.0000000964. The predicted molar refractivity (Wildman–Crippen MR) is 631 cm³/mol. The SMILES string of the molecule is Cc1c(-c2cc3c4ccccc4c4ccccc4c3c[n+]2C)c2ccccc2c2ccccc12.Cc1cc(C)c(C)c(-c2c3c4ccccc4c4ccccc4c3cc[n+]2C)c1.Cc1cc2ccccc2cc1-c1cc2c3ccccc3c3ccccc3c2c[n+]1C.Cc1ccc2ccccc2c1-c1cc2c3ccccc3c3ccccc3c2c[n+]1C.Cc1ccccc1-c1c2c3ccccc3c3ccccc3c2cc[n+]1C. The maximum atomic E-state index is 2.41. The second-order valence-corrected chi connectivity index (χ2v) is 40.5. The largest absolute Gasteiger partial charge is 0.221 e. The zero-order valence-electron chi connectivity index (χ0n) is 85.6. The highest BCUT2D eigenvalue weighted by molar-refractivity contribution is 6.32. The Morgan fingerprint density at radius 3 is 0.838 bits per heavy atom. The first-order valence-electron chi connectivity index (χ1n) is 51.6. The van der Waals surface area contributed by atoms with Gasteiger partial charge in [0.15, 0.2) is 31.0 Å². The van der Waals surface area contributed by atoms with E-state index in [0.29, 0.717) is 0 Å². The van der Waals surface area contributed by atoms with Gasteiger partial charge in [-0.05, 0) is 251 Å². The molecule has 5 heteroatoms. The molecule has 0 saturated heterocycles. The van der Waals surface area contributed by atoms with Gasteiger partial charge >= 0.3 is 0 Å². The maximum Gasteiger partial charge on any atom is 0.221 e. The van der Waals surface area contributed by atoms with Crippen molar-refractivity contribution in [2.24, 2.45) is 35.2 Å². The molecule has 5 heterocycles. The summed E-state index contributed by atoms with van der Waals surface area (Å²) in [6.45, 7) is 15.5. The van der Waals surface area contributed by atoms with E-state index in [9.17, 15) is 0 Å². The van der Waals surface area contributed by atoms with Gasteiger partial charge in [0.25, 0.3) is 0 Å². The molecule has 5 aromatic heterocycles. The van der Waals surface area contributed by atoms with Crippen LogP contribution < -0.4 is 22.8 Å². The Labute approximate surface area is 861 Å². The summed E-state index contributed by atoms with van der Waals surface area (Å²) < 4.78 is 11.4. The van der Waals surface area contributed by atoms with Crippen molar-refractivity contribution in [3.63, 3.8) is 0 Å². The zero-order valence-corrected chi connectivity index (χ0v) is 85.6. The zero-order chi connectivity index (χ0) is 100. The minimum absolute atomic E-state index is 1.24. The Morgan fingerprint density at radius 1 is 0.149 bits per heavy atom. The molecule has 0 spiro atoms. The van der Waals surface area contributed by atoms with Gasteiger partial charge in [-0.2, -0.15) is 0 Å².